The normalized spacial score (nSPS) is 39.6. The zero-order valence-electron chi connectivity index (χ0n) is 11.2. The van der Waals surface area contributed by atoms with E-state index >= 15 is 0 Å². The van der Waals surface area contributed by atoms with Crippen LogP contribution in [-0.2, 0) is 9.53 Å². The molecule has 1 aliphatic heterocycles. The maximum Gasteiger partial charge on any atom is 0.226 e. The highest BCUT2D eigenvalue weighted by Crippen LogP contribution is 2.48. The van der Waals surface area contributed by atoms with Gasteiger partial charge in [-0.25, -0.2) is 0 Å². The fourth-order valence-electron chi connectivity index (χ4n) is 3.47. The van der Waals surface area contributed by atoms with Crippen molar-refractivity contribution in [2.24, 2.45) is 11.3 Å². The third-order valence-electron chi connectivity index (χ3n) is 4.62. The van der Waals surface area contributed by atoms with E-state index in [4.69, 9.17) is 9.84 Å². The molecule has 1 saturated carbocycles. The molecule has 0 aromatic carbocycles. The first-order valence-electron chi connectivity index (χ1n) is 6.64. The van der Waals surface area contributed by atoms with Gasteiger partial charge in [-0.15, -0.1) is 0 Å². The van der Waals surface area contributed by atoms with E-state index in [0.29, 0.717) is 6.42 Å². The van der Waals surface area contributed by atoms with Crippen LogP contribution in [0, 0.1) is 11.3 Å². The van der Waals surface area contributed by atoms with E-state index in [1.807, 2.05) is 6.92 Å². The first kappa shape index (κ1) is 13.6. The van der Waals surface area contributed by atoms with Crippen LogP contribution < -0.4 is 5.32 Å². The molecular weight excluding hydrogens is 230 g/mol. The van der Waals surface area contributed by atoms with Crippen LogP contribution in [0.25, 0.3) is 0 Å². The number of carbonyl (C=O) groups excluding carboxylic acids is 1. The maximum absolute atomic E-state index is 12.3. The van der Waals surface area contributed by atoms with Crippen LogP contribution in [0.3, 0.4) is 0 Å². The largest absolute Gasteiger partial charge is 0.396 e. The number of fused-ring (bicyclic) bond motifs is 1. The summed E-state index contributed by atoms with van der Waals surface area (Å²) in [6, 6.07) is 0.0942. The van der Waals surface area contributed by atoms with Crippen molar-refractivity contribution in [3.8, 4) is 0 Å². The average molecular weight is 253 g/mol. The smallest absolute Gasteiger partial charge is 0.226 e. The maximum atomic E-state index is 12.3. The van der Waals surface area contributed by atoms with E-state index in [-0.39, 0.29) is 30.6 Å². The summed E-state index contributed by atoms with van der Waals surface area (Å²) in [7, 11) is 1.69. The topological polar surface area (TPSA) is 58.6 Å². The van der Waals surface area contributed by atoms with Crippen molar-refractivity contribution in [1.82, 2.24) is 5.32 Å². The lowest BCUT2D eigenvalue weighted by atomic mass is 9.66. The molecule has 1 aliphatic carbocycles. The number of hydrogen-bond donors (Lipinski definition) is 2. The third-order valence-corrected chi connectivity index (χ3v) is 4.62. The van der Waals surface area contributed by atoms with Crippen LogP contribution >= 0.6 is 0 Å². The molecule has 18 heavy (non-hydrogen) atoms. The van der Waals surface area contributed by atoms with Crippen LogP contribution in [0.5, 0.6) is 0 Å². The van der Waals surface area contributed by atoms with E-state index in [9.17, 15) is 4.79 Å². The summed E-state index contributed by atoms with van der Waals surface area (Å²) in [6.45, 7) is 6.22. The lowest BCUT2D eigenvalue weighted by molar-refractivity contribution is -0.128. The minimum Gasteiger partial charge on any atom is -0.396 e. The Bertz CT molecular complexity index is 355. The molecule has 2 rings (SSSR count). The second-order valence-electron chi connectivity index (χ2n) is 5.78. The Morgan fingerprint density at radius 1 is 1.56 bits per heavy atom. The third kappa shape index (κ3) is 2.08. The first-order chi connectivity index (χ1) is 8.52. The van der Waals surface area contributed by atoms with Crippen LogP contribution in [0.2, 0.25) is 0 Å². The predicted octanol–water partition coefficient (Wildman–Crippen LogP) is 1.24. The molecule has 2 aliphatic rings. The minimum atomic E-state index is -0.395. The molecule has 102 valence electrons. The van der Waals surface area contributed by atoms with E-state index in [1.54, 1.807) is 7.11 Å². The molecule has 0 aromatic heterocycles. The number of aliphatic hydroxyl groups excluding tert-OH is 1. The van der Waals surface area contributed by atoms with Crippen molar-refractivity contribution >= 4 is 5.91 Å². The van der Waals surface area contributed by atoms with Gasteiger partial charge in [-0.3, -0.25) is 4.79 Å². The summed E-state index contributed by atoms with van der Waals surface area (Å²) in [5, 5.41) is 12.1. The minimum absolute atomic E-state index is 0.0381. The standard InChI is InChI=1S/C14H23NO3/c1-9-7-10-12(11(8-9)18-3)15-13(17)14(10,2)5-4-6-16/h10-12,16H,1,4-8H2,2-3H3,(H,15,17)/t10?,11?,12?,14-/m0/s1. The van der Waals surface area contributed by atoms with Crippen molar-refractivity contribution in [1.29, 1.82) is 0 Å². The SMILES string of the molecule is C=C1CC(OC)C2NC(=O)[C@@](C)(CCCO)C2C1. The highest BCUT2D eigenvalue weighted by atomic mass is 16.5. The Kier molecular flexibility index (Phi) is 3.78. The van der Waals surface area contributed by atoms with Crippen LogP contribution in [-0.4, -0.2) is 36.9 Å². The summed E-state index contributed by atoms with van der Waals surface area (Å²) in [6.07, 6.45) is 3.13. The van der Waals surface area contributed by atoms with E-state index in [0.717, 1.165) is 24.8 Å². The van der Waals surface area contributed by atoms with Gasteiger partial charge < -0.3 is 15.2 Å². The van der Waals surface area contributed by atoms with Crippen molar-refractivity contribution in [2.75, 3.05) is 13.7 Å². The molecule has 4 nitrogen and oxygen atoms in total. The van der Waals surface area contributed by atoms with Gasteiger partial charge >= 0.3 is 0 Å². The molecule has 4 heteroatoms. The molecule has 4 atom stereocenters. The van der Waals surface area contributed by atoms with E-state index in [1.165, 1.54) is 0 Å². The molecular formula is C14H23NO3. The van der Waals surface area contributed by atoms with Crippen LogP contribution in [0.1, 0.15) is 32.6 Å². The predicted molar refractivity (Wildman–Crippen MR) is 69.0 cm³/mol. The van der Waals surface area contributed by atoms with E-state index in [2.05, 4.69) is 11.9 Å². The molecule has 2 N–H and O–H groups in total. The van der Waals surface area contributed by atoms with Gasteiger partial charge in [-0.05, 0) is 31.6 Å². The molecule has 0 radical (unpaired) electrons. The number of carbonyl (C=O) groups is 1. The highest BCUT2D eigenvalue weighted by Gasteiger charge is 2.55. The zero-order chi connectivity index (χ0) is 13.3. The lowest BCUT2D eigenvalue weighted by Crippen LogP contribution is -2.45. The van der Waals surface area contributed by atoms with Gasteiger partial charge in [0.05, 0.1) is 17.6 Å². The Balaban J connectivity index is 2.22. The first-order valence-corrected chi connectivity index (χ1v) is 6.64. The van der Waals surface area contributed by atoms with Crippen LogP contribution in [0.4, 0.5) is 0 Å². The second-order valence-corrected chi connectivity index (χ2v) is 5.78. The average Bonchev–Trinajstić information content (AvgIpc) is 2.60. The number of hydrogen-bond acceptors (Lipinski definition) is 3. The molecule has 1 heterocycles. The quantitative estimate of drug-likeness (QED) is 0.741. The molecule has 1 saturated heterocycles. The summed E-state index contributed by atoms with van der Waals surface area (Å²) in [5.74, 6) is 0.338. The summed E-state index contributed by atoms with van der Waals surface area (Å²) >= 11 is 0. The Morgan fingerprint density at radius 3 is 2.89 bits per heavy atom. The molecule has 3 unspecified atom stereocenters. The fourth-order valence-corrected chi connectivity index (χ4v) is 3.47. The van der Waals surface area contributed by atoms with Gasteiger partial charge in [0.2, 0.25) is 5.91 Å². The van der Waals surface area contributed by atoms with E-state index < -0.39 is 5.41 Å². The fraction of sp³-hybridized carbons (Fsp3) is 0.786. The van der Waals surface area contributed by atoms with Crippen molar-refractivity contribution in [3.05, 3.63) is 12.2 Å². The van der Waals surface area contributed by atoms with Gasteiger partial charge in [0.25, 0.3) is 0 Å². The number of ether oxygens (including phenoxy) is 1. The number of nitrogens with one attached hydrogen (secondary N) is 1. The number of rotatable bonds is 4. The molecule has 0 bridgehead atoms. The van der Waals surface area contributed by atoms with Crippen molar-refractivity contribution in [3.63, 3.8) is 0 Å². The van der Waals surface area contributed by atoms with Crippen molar-refractivity contribution < 1.29 is 14.6 Å². The van der Waals surface area contributed by atoms with Gasteiger partial charge in [0, 0.05) is 13.7 Å². The number of amides is 1. The lowest BCUT2D eigenvalue weighted by Gasteiger charge is -2.38. The summed E-state index contributed by atoms with van der Waals surface area (Å²) in [4.78, 5) is 12.3. The summed E-state index contributed by atoms with van der Waals surface area (Å²) < 4.78 is 5.50. The zero-order valence-corrected chi connectivity index (χ0v) is 11.2. The number of aliphatic hydroxyl groups is 1. The van der Waals surface area contributed by atoms with Gasteiger partial charge in [-0.1, -0.05) is 19.1 Å². The Morgan fingerprint density at radius 2 is 2.28 bits per heavy atom. The molecule has 2 fully saturated rings. The van der Waals surface area contributed by atoms with Gasteiger partial charge in [0.1, 0.15) is 0 Å². The van der Waals surface area contributed by atoms with Crippen molar-refractivity contribution in [2.45, 2.75) is 44.8 Å². The van der Waals surface area contributed by atoms with Gasteiger partial charge in [0.15, 0.2) is 0 Å². The number of methoxy groups -OCH3 is 1. The molecule has 0 aromatic rings. The Labute approximate surface area is 108 Å². The highest BCUT2D eigenvalue weighted by molar-refractivity contribution is 5.85. The monoisotopic (exact) mass is 253 g/mol. The molecule has 1 amide bonds. The molecule has 0 spiro atoms. The second kappa shape index (κ2) is 5.02. The van der Waals surface area contributed by atoms with Gasteiger partial charge in [-0.2, -0.15) is 0 Å². The van der Waals surface area contributed by atoms with Crippen LogP contribution in [0.15, 0.2) is 12.2 Å². The Hall–Kier alpha value is -0.870. The summed E-state index contributed by atoms with van der Waals surface area (Å²) in [5.41, 5.74) is 0.767.